The number of rotatable bonds is 1. The molecule has 0 aliphatic heterocycles. The van der Waals surface area contributed by atoms with Crippen LogP contribution in [0.5, 0.6) is 0 Å². The first-order valence-corrected chi connectivity index (χ1v) is 5.35. The maximum absolute atomic E-state index is 9.56. The Morgan fingerprint density at radius 1 is 1.00 bits per heavy atom. The van der Waals surface area contributed by atoms with Gasteiger partial charge in [0.05, 0.1) is 0 Å². The lowest BCUT2D eigenvalue weighted by Gasteiger charge is -1.99. The molecule has 1 heterocycles. The van der Waals surface area contributed by atoms with Crippen molar-refractivity contribution in [3.05, 3.63) is 42.5 Å². The summed E-state index contributed by atoms with van der Waals surface area (Å²) in [5.41, 5.74) is 2.67. The molecule has 0 radical (unpaired) electrons. The van der Waals surface area contributed by atoms with E-state index in [1.54, 1.807) is 6.82 Å². The van der Waals surface area contributed by atoms with Gasteiger partial charge in [-0.25, -0.2) is 0 Å². The molecule has 0 saturated carbocycles. The van der Waals surface area contributed by atoms with E-state index in [1.165, 1.54) is 0 Å². The average molecular weight is 210 g/mol. The summed E-state index contributed by atoms with van der Waals surface area (Å²) in [7, 11) is 0. The molecule has 78 valence electrons. The van der Waals surface area contributed by atoms with E-state index in [9.17, 15) is 5.02 Å². The number of benzene rings is 2. The van der Waals surface area contributed by atoms with Crippen LogP contribution in [-0.2, 0) is 0 Å². The molecule has 2 aromatic carbocycles. The van der Waals surface area contributed by atoms with Crippen LogP contribution in [0.4, 0.5) is 0 Å². The second kappa shape index (κ2) is 3.39. The van der Waals surface area contributed by atoms with Crippen molar-refractivity contribution >= 4 is 34.3 Å². The Kier molecular flexibility index (Phi) is 2.01. The maximum Gasteiger partial charge on any atom is 0.320 e. The second-order valence-corrected chi connectivity index (χ2v) is 4.03. The molecule has 3 aromatic rings. The van der Waals surface area contributed by atoms with Gasteiger partial charge in [-0.1, -0.05) is 37.2 Å². The van der Waals surface area contributed by atoms with Gasteiger partial charge < -0.3 is 9.44 Å². The molecule has 0 spiro atoms. The summed E-state index contributed by atoms with van der Waals surface area (Å²) in [6, 6.07) is 13.7. The van der Waals surface area contributed by atoms with Crippen molar-refractivity contribution in [2.75, 3.05) is 0 Å². The largest absolute Gasteiger partial charge is 0.456 e. The van der Waals surface area contributed by atoms with Crippen LogP contribution in [0.25, 0.3) is 21.9 Å². The monoisotopic (exact) mass is 210 g/mol. The summed E-state index contributed by atoms with van der Waals surface area (Å²) < 4.78 is 5.71. The quantitative estimate of drug-likeness (QED) is 0.625. The van der Waals surface area contributed by atoms with Gasteiger partial charge in [0.15, 0.2) is 0 Å². The Bertz CT molecular complexity index is 655. The van der Waals surface area contributed by atoms with Gasteiger partial charge in [-0.15, -0.1) is 0 Å². The Morgan fingerprint density at radius 3 is 2.56 bits per heavy atom. The molecular formula is C13H11BO2. The first-order chi connectivity index (χ1) is 7.75. The lowest BCUT2D eigenvalue weighted by atomic mass is 9.64. The van der Waals surface area contributed by atoms with Crippen LogP contribution >= 0.6 is 0 Å². The number of hydrogen-bond donors (Lipinski definition) is 1. The lowest BCUT2D eigenvalue weighted by Crippen LogP contribution is -2.25. The van der Waals surface area contributed by atoms with E-state index < -0.39 is 6.92 Å². The predicted molar refractivity (Wildman–Crippen MR) is 67.2 cm³/mol. The third kappa shape index (κ3) is 1.33. The summed E-state index contributed by atoms with van der Waals surface area (Å²) in [6.07, 6.45) is 0. The van der Waals surface area contributed by atoms with E-state index in [2.05, 4.69) is 0 Å². The van der Waals surface area contributed by atoms with Crippen LogP contribution < -0.4 is 5.46 Å². The van der Waals surface area contributed by atoms with Crippen LogP contribution in [0.15, 0.2) is 46.9 Å². The minimum Gasteiger partial charge on any atom is -0.456 e. The van der Waals surface area contributed by atoms with Crippen LogP contribution in [0.1, 0.15) is 0 Å². The van der Waals surface area contributed by atoms with E-state index in [0.717, 1.165) is 27.4 Å². The molecule has 3 heteroatoms. The van der Waals surface area contributed by atoms with Crippen LogP contribution in [0.2, 0.25) is 6.82 Å². The molecule has 2 nitrogen and oxygen atoms in total. The minimum absolute atomic E-state index is 0.446. The van der Waals surface area contributed by atoms with Crippen molar-refractivity contribution in [2.45, 2.75) is 6.82 Å². The van der Waals surface area contributed by atoms with E-state index in [1.807, 2.05) is 42.5 Å². The molecule has 0 saturated heterocycles. The number of furan rings is 1. The van der Waals surface area contributed by atoms with Gasteiger partial charge in [-0.05, 0) is 17.6 Å². The maximum atomic E-state index is 9.56. The third-order valence-electron chi connectivity index (χ3n) is 2.88. The van der Waals surface area contributed by atoms with Crippen LogP contribution in [0.3, 0.4) is 0 Å². The van der Waals surface area contributed by atoms with Crippen LogP contribution in [-0.4, -0.2) is 11.9 Å². The molecule has 0 unspecified atom stereocenters. The van der Waals surface area contributed by atoms with Gasteiger partial charge in [-0.2, -0.15) is 0 Å². The Hall–Kier alpha value is -1.74. The van der Waals surface area contributed by atoms with Gasteiger partial charge in [0.2, 0.25) is 0 Å². The lowest BCUT2D eigenvalue weighted by molar-refractivity contribution is 0.594. The Morgan fingerprint density at radius 2 is 1.75 bits per heavy atom. The summed E-state index contributed by atoms with van der Waals surface area (Å²) in [6.45, 7) is 1.32. The molecular weight excluding hydrogens is 199 g/mol. The SMILES string of the molecule is CB(O)c1ccc2oc3ccccc3c2c1. The highest BCUT2D eigenvalue weighted by Gasteiger charge is 2.10. The molecule has 0 atom stereocenters. The molecule has 0 amide bonds. The van der Waals surface area contributed by atoms with Gasteiger partial charge >= 0.3 is 6.92 Å². The zero-order valence-electron chi connectivity index (χ0n) is 8.97. The summed E-state index contributed by atoms with van der Waals surface area (Å²) in [4.78, 5) is 0. The van der Waals surface area contributed by atoms with Crippen molar-refractivity contribution in [2.24, 2.45) is 0 Å². The fourth-order valence-electron chi connectivity index (χ4n) is 2.00. The van der Waals surface area contributed by atoms with E-state index in [-0.39, 0.29) is 0 Å². The van der Waals surface area contributed by atoms with Gasteiger partial charge in [-0.3, -0.25) is 0 Å². The van der Waals surface area contributed by atoms with Crippen LogP contribution in [0, 0.1) is 0 Å². The zero-order valence-corrected chi connectivity index (χ0v) is 8.97. The molecule has 0 aliphatic rings. The third-order valence-corrected chi connectivity index (χ3v) is 2.88. The number of fused-ring (bicyclic) bond motifs is 3. The summed E-state index contributed by atoms with van der Waals surface area (Å²) >= 11 is 0. The fraction of sp³-hybridized carbons (Fsp3) is 0.0769. The minimum atomic E-state index is -0.446. The smallest absolute Gasteiger partial charge is 0.320 e. The van der Waals surface area contributed by atoms with Gasteiger partial charge in [0.25, 0.3) is 0 Å². The standard InChI is InChI=1S/C13H11BO2/c1-14(15)9-6-7-13-11(8-9)10-4-2-3-5-12(10)16-13/h2-8,15H,1H3. The first-order valence-electron chi connectivity index (χ1n) is 5.35. The summed E-state index contributed by atoms with van der Waals surface area (Å²) in [5.74, 6) is 0. The second-order valence-electron chi connectivity index (χ2n) is 4.03. The zero-order chi connectivity index (χ0) is 11.1. The Balaban J connectivity index is 2.40. The first kappa shape index (κ1) is 9.49. The highest BCUT2D eigenvalue weighted by Crippen LogP contribution is 2.27. The van der Waals surface area contributed by atoms with Crippen molar-refractivity contribution in [1.82, 2.24) is 0 Å². The molecule has 1 aromatic heterocycles. The number of hydrogen-bond acceptors (Lipinski definition) is 2. The van der Waals surface area contributed by atoms with Crippen molar-refractivity contribution in [1.29, 1.82) is 0 Å². The van der Waals surface area contributed by atoms with Gasteiger partial charge in [0.1, 0.15) is 11.2 Å². The summed E-state index contributed by atoms with van der Waals surface area (Å²) in [5, 5.41) is 11.7. The Labute approximate surface area is 93.6 Å². The molecule has 0 aliphatic carbocycles. The molecule has 16 heavy (non-hydrogen) atoms. The highest BCUT2D eigenvalue weighted by atomic mass is 16.3. The fourth-order valence-corrected chi connectivity index (χ4v) is 2.00. The number of para-hydroxylation sites is 1. The molecule has 3 rings (SSSR count). The van der Waals surface area contributed by atoms with Crippen molar-refractivity contribution in [3.63, 3.8) is 0 Å². The topological polar surface area (TPSA) is 33.4 Å². The highest BCUT2D eigenvalue weighted by molar-refractivity contribution is 6.65. The predicted octanol–water partition coefficient (Wildman–Crippen LogP) is 2.41. The van der Waals surface area contributed by atoms with Crippen molar-refractivity contribution in [3.8, 4) is 0 Å². The average Bonchev–Trinajstić information content (AvgIpc) is 2.66. The van der Waals surface area contributed by atoms with E-state index in [4.69, 9.17) is 4.42 Å². The van der Waals surface area contributed by atoms with Crippen molar-refractivity contribution < 1.29 is 9.44 Å². The molecule has 1 N–H and O–H groups in total. The normalized spacial score (nSPS) is 11.1. The molecule has 0 fully saturated rings. The van der Waals surface area contributed by atoms with E-state index >= 15 is 0 Å². The van der Waals surface area contributed by atoms with Gasteiger partial charge in [0, 0.05) is 10.8 Å². The molecule has 0 bridgehead atoms. The van der Waals surface area contributed by atoms with E-state index in [0.29, 0.717) is 0 Å².